The summed E-state index contributed by atoms with van der Waals surface area (Å²) < 4.78 is 29.4. The maximum Gasteiger partial charge on any atom is 0.271 e. The van der Waals surface area contributed by atoms with Crippen molar-refractivity contribution in [1.82, 2.24) is 0 Å². The van der Waals surface area contributed by atoms with Gasteiger partial charge in [-0.1, -0.05) is 11.6 Å². The Morgan fingerprint density at radius 1 is 1.27 bits per heavy atom. The second-order valence-corrected chi connectivity index (χ2v) is 3.55. The molecular weight excluding hydrogens is 226 g/mol. The van der Waals surface area contributed by atoms with Gasteiger partial charge in [0.15, 0.2) is 6.10 Å². The Kier molecular flexibility index (Phi) is 2.63. The summed E-state index contributed by atoms with van der Waals surface area (Å²) in [5.41, 5.74) is 0.425. The minimum atomic E-state index is -2.86. The van der Waals surface area contributed by atoms with Crippen LogP contribution in [0.1, 0.15) is 11.9 Å². The van der Waals surface area contributed by atoms with Gasteiger partial charge in [-0.3, -0.25) is 0 Å². The molecule has 0 aliphatic rings. The molecule has 1 aromatic heterocycles. The van der Waals surface area contributed by atoms with Crippen LogP contribution < -0.4 is 0 Å². The lowest BCUT2D eigenvalue weighted by Crippen LogP contribution is -2.06. The van der Waals surface area contributed by atoms with Crippen molar-refractivity contribution in [2.45, 2.75) is 12.5 Å². The molecule has 0 radical (unpaired) electrons. The summed E-state index contributed by atoms with van der Waals surface area (Å²) in [5.74, 6) is -0.151. The molecule has 0 fully saturated rings. The third-order valence-corrected chi connectivity index (χ3v) is 2.26. The molecule has 0 amide bonds. The maximum atomic E-state index is 12.2. The van der Waals surface area contributed by atoms with E-state index in [0.717, 1.165) is 0 Å². The van der Waals surface area contributed by atoms with Gasteiger partial charge in [0.05, 0.1) is 0 Å². The first-order chi connectivity index (χ1) is 7.08. The average molecular weight is 233 g/mol. The van der Waals surface area contributed by atoms with Crippen molar-refractivity contribution < 1.29 is 18.3 Å². The van der Waals surface area contributed by atoms with Crippen LogP contribution in [0.15, 0.2) is 28.7 Å². The molecule has 2 aromatic rings. The number of hydrogen-bond acceptors (Lipinski definition) is 2. The molecular formula is C10H7ClF2O2. The van der Waals surface area contributed by atoms with Gasteiger partial charge in [-0.05, 0) is 24.3 Å². The Hall–Kier alpha value is -1.13. The SMILES string of the molecule is OC(c1cc2cc(Cl)ccc2o1)C(F)F. The van der Waals surface area contributed by atoms with Crippen molar-refractivity contribution in [3.63, 3.8) is 0 Å². The number of rotatable bonds is 2. The Bertz CT molecular complexity index is 481. The van der Waals surface area contributed by atoms with E-state index in [0.29, 0.717) is 16.0 Å². The molecule has 0 bridgehead atoms. The topological polar surface area (TPSA) is 33.4 Å². The molecule has 0 aliphatic heterocycles. The predicted octanol–water partition coefficient (Wildman–Crippen LogP) is 3.38. The molecule has 0 aliphatic carbocycles. The van der Waals surface area contributed by atoms with Crippen LogP contribution in [0.25, 0.3) is 11.0 Å². The van der Waals surface area contributed by atoms with Gasteiger partial charge >= 0.3 is 0 Å². The summed E-state index contributed by atoms with van der Waals surface area (Å²) in [6.45, 7) is 0. The van der Waals surface area contributed by atoms with Gasteiger partial charge in [-0.25, -0.2) is 8.78 Å². The van der Waals surface area contributed by atoms with Crippen molar-refractivity contribution in [3.8, 4) is 0 Å². The van der Waals surface area contributed by atoms with Crippen molar-refractivity contribution in [1.29, 1.82) is 0 Å². The third kappa shape index (κ3) is 1.96. The first kappa shape index (κ1) is 10.4. The molecule has 0 saturated carbocycles. The van der Waals surface area contributed by atoms with Crippen LogP contribution in [-0.2, 0) is 0 Å². The van der Waals surface area contributed by atoms with E-state index in [9.17, 15) is 8.78 Å². The van der Waals surface area contributed by atoms with Crippen LogP contribution in [0.2, 0.25) is 5.02 Å². The van der Waals surface area contributed by atoms with Gasteiger partial charge in [0, 0.05) is 10.4 Å². The summed E-state index contributed by atoms with van der Waals surface area (Å²) in [7, 11) is 0. The highest BCUT2D eigenvalue weighted by molar-refractivity contribution is 6.31. The highest BCUT2D eigenvalue weighted by Gasteiger charge is 2.22. The van der Waals surface area contributed by atoms with E-state index in [1.807, 2.05) is 0 Å². The first-order valence-corrected chi connectivity index (χ1v) is 4.61. The summed E-state index contributed by atoms with van der Waals surface area (Å²) in [4.78, 5) is 0. The third-order valence-electron chi connectivity index (χ3n) is 2.03. The van der Waals surface area contributed by atoms with E-state index in [1.54, 1.807) is 18.2 Å². The van der Waals surface area contributed by atoms with Crippen LogP contribution >= 0.6 is 11.6 Å². The van der Waals surface area contributed by atoms with Crippen molar-refractivity contribution >= 4 is 22.6 Å². The number of alkyl halides is 2. The highest BCUT2D eigenvalue weighted by atomic mass is 35.5. The molecule has 2 nitrogen and oxygen atoms in total. The average Bonchev–Trinajstić information content (AvgIpc) is 2.58. The Balaban J connectivity index is 2.47. The van der Waals surface area contributed by atoms with E-state index in [1.165, 1.54) is 6.07 Å². The number of halogens is 3. The molecule has 2 rings (SSSR count). The molecule has 1 aromatic carbocycles. The lowest BCUT2D eigenvalue weighted by Gasteiger charge is -2.03. The van der Waals surface area contributed by atoms with Gasteiger partial charge in [0.1, 0.15) is 11.3 Å². The van der Waals surface area contributed by atoms with Gasteiger partial charge in [-0.2, -0.15) is 0 Å². The van der Waals surface area contributed by atoms with Crippen LogP contribution in [-0.4, -0.2) is 11.5 Å². The molecule has 0 saturated heterocycles. The predicted molar refractivity (Wildman–Crippen MR) is 52.2 cm³/mol. The van der Waals surface area contributed by atoms with Crippen molar-refractivity contribution in [3.05, 3.63) is 35.0 Å². The molecule has 1 heterocycles. The van der Waals surface area contributed by atoms with E-state index >= 15 is 0 Å². The highest BCUT2D eigenvalue weighted by Crippen LogP contribution is 2.28. The van der Waals surface area contributed by atoms with E-state index in [4.69, 9.17) is 21.1 Å². The summed E-state index contributed by atoms with van der Waals surface area (Å²) in [6.07, 6.45) is -4.75. The second kappa shape index (κ2) is 3.79. The molecule has 1 unspecified atom stereocenters. The number of benzene rings is 1. The van der Waals surface area contributed by atoms with Crippen LogP contribution in [0.3, 0.4) is 0 Å². The lowest BCUT2D eigenvalue weighted by molar-refractivity contribution is -0.0168. The fraction of sp³-hybridized carbons (Fsp3) is 0.200. The normalized spacial score (nSPS) is 13.7. The van der Waals surface area contributed by atoms with Gasteiger partial charge in [0.2, 0.25) is 0 Å². The van der Waals surface area contributed by atoms with E-state index in [-0.39, 0.29) is 5.76 Å². The number of furan rings is 1. The number of aliphatic hydroxyl groups excluding tert-OH is 1. The second-order valence-electron chi connectivity index (χ2n) is 3.11. The van der Waals surface area contributed by atoms with E-state index < -0.39 is 12.5 Å². The fourth-order valence-corrected chi connectivity index (χ4v) is 1.49. The summed E-state index contributed by atoms with van der Waals surface area (Å²) in [5, 5.41) is 10.2. The first-order valence-electron chi connectivity index (χ1n) is 4.23. The molecule has 1 atom stereocenters. The lowest BCUT2D eigenvalue weighted by atomic mass is 10.2. The van der Waals surface area contributed by atoms with Crippen molar-refractivity contribution in [2.75, 3.05) is 0 Å². The Morgan fingerprint density at radius 3 is 2.67 bits per heavy atom. The monoisotopic (exact) mass is 232 g/mol. The van der Waals surface area contributed by atoms with Crippen LogP contribution in [0.5, 0.6) is 0 Å². The summed E-state index contributed by atoms with van der Waals surface area (Å²) >= 11 is 5.72. The zero-order valence-electron chi connectivity index (χ0n) is 7.45. The quantitative estimate of drug-likeness (QED) is 0.861. The zero-order valence-corrected chi connectivity index (χ0v) is 8.21. The van der Waals surface area contributed by atoms with Gasteiger partial charge in [-0.15, -0.1) is 0 Å². The Labute approximate surface area is 89.1 Å². The number of fused-ring (bicyclic) bond motifs is 1. The molecule has 1 N–H and O–H groups in total. The minimum absolute atomic E-state index is 0.151. The zero-order chi connectivity index (χ0) is 11.0. The fourth-order valence-electron chi connectivity index (χ4n) is 1.30. The maximum absolute atomic E-state index is 12.2. The standard InChI is InChI=1S/C10H7ClF2O2/c11-6-1-2-7-5(3-6)4-8(15-7)9(14)10(12)13/h1-4,9-10,14H. The molecule has 5 heteroatoms. The minimum Gasteiger partial charge on any atom is -0.458 e. The molecule has 0 spiro atoms. The molecule has 15 heavy (non-hydrogen) atoms. The Morgan fingerprint density at radius 2 is 2.00 bits per heavy atom. The molecule has 80 valence electrons. The van der Waals surface area contributed by atoms with Crippen molar-refractivity contribution in [2.24, 2.45) is 0 Å². The smallest absolute Gasteiger partial charge is 0.271 e. The summed E-state index contributed by atoms with van der Waals surface area (Å²) in [6, 6.07) is 6.10. The van der Waals surface area contributed by atoms with Crippen LogP contribution in [0.4, 0.5) is 8.78 Å². The number of aliphatic hydroxyl groups is 1. The number of hydrogen-bond donors (Lipinski definition) is 1. The van der Waals surface area contributed by atoms with Gasteiger partial charge in [0.25, 0.3) is 6.43 Å². The van der Waals surface area contributed by atoms with Gasteiger partial charge < -0.3 is 9.52 Å². The largest absolute Gasteiger partial charge is 0.458 e. The van der Waals surface area contributed by atoms with E-state index in [2.05, 4.69) is 0 Å². The van der Waals surface area contributed by atoms with Crippen LogP contribution in [0, 0.1) is 0 Å².